The molecule has 6 nitrogen and oxygen atoms in total. The van der Waals surface area contributed by atoms with Crippen LogP contribution < -0.4 is 15.7 Å². The van der Waals surface area contributed by atoms with E-state index >= 15 is 0 Å². The Kier molecular flexibility index (Phi) is 6.47. The summed E-state index contributed by atoms with van der Waals surface area (Å²) in [6, 6.07) is 8.76. The first-order chi connectivity index (χ1) is 12.1. The van der Waals surface area contributed by atoms with E-state index in [2.05, 4.69) is 10.0 Å². The topological polar surface area (TPSA) is 88.4 Å². The fourth-order valence-corrected chi connectivity index (χ4v) is 3.37. The van der Waals surface area contributed by atoms with Gasteiger partial charge in [-0.25, -0.2) is 17.9 Å². The van der Waals surface area contributed by atoms with Gasteiger partial charge in [0, 0.05) is 30.2 Å². The Morgan fingerprint density at radius 2 is 1.88 bits per heavy atom. The number of anilines is 1. The highest BCUT2D eigenvalue weighted by Gasteiger charge is 2.28. The van der Waals surface area contributed by atoms with Gasteiger partial charge in [-0.2, -0.15) is 0 Å². The molecule has 0 saturated heterocycles. The Bertz CT molecular complexity index is 898. The number of hydrogen-bond acceptors (Lipinski definition) is 5. The predicted octanol–water partition coefficient (Wildman–Crippen LogP) is 3.34. The molecule has 0 fully saturated rings. The second-order valence-corrected chi connectivity index (χ2v) is 10.2. The Balaban J connectivity index is 1.76. The van der Waals surface area contributed by atoms with Crippen molar-refractivity contribution in [1.82, 2.24) is 4.72 Å². The first-order valence-corrected chi connectivity index (χ1v) is 10.3. The molecule has 0 saturated carbocycles. The fraction of sp³-hybridized carbons (Fsp3) is 0.526. The van der Waals surface area contributed by atoms with Crippen LogP contribution in [-0.2, 0) is 10.0 Å². The summed E-state index contributed by atoms with van der Waals surface area (Å²) in [4.78, 5) is 11.2. The zero-order valence-corrected chi connectivity index (χ0v) is 16.7. The first kappa shape index (κ1) is 20.5. The SMILES string of the molecule is CC(CCCNc1ccc2oc(=O)ccc2c1)CNS(=O)(=O)C(C)(C)C. The number of benzene rings is 1. The predicted molar refractivity (Wildman–Crippen MR) is 106 cm³/mol. The van der Waals surface area contributed by atoms with Crippen molar-refractivity contribution in [3.8, 4) is 0 Å². The summed E-state index contributed by atoms with van der Waals surface area (Å²) in [5, 5.41) is 4.22. The zero-order valence-electron chi connectivity index (χ0n) is 15.8. The van der Waals surface area contributed by atoms with Crippen molar-refractivity contribution in [2.75, 3.05) is 18.4 Å². The molecule has 1 aromatic heterocycles. The van der Waals surface area contributed by atoms with Crippen LogP contribution in [0.2, 0.25) is 0 Å². The Morgan fingerprint density at radius 3 is 2.58 bits per heavy atom. The van der Waals surface area contributed by atoms with E-state index in [0.29, 0.717) is 12.1 Å². The van der Waals surface area contributed by atoms with Crippen molar-refractivity contribution < 1.29 is 12.8 Å². The molecule has 0 radical (unpaired) electrons. The van der Waals surface area contributed by atoms with Crippen molar-refractivity contribution in [2.24, 2.45) is 5.92 Å². The van der Waals surface area contributed by atoms with Crippen molar-refractivity contribution >= 4 is 26.7 Å². The quantitative estimate of drug-likeness (QED) is 0.542. The summed E-state index contributed by atoms with van der Waals surface area (Å²) in [7, 11) is -3.29. The first-order valence-electron chi connectivity index (χ1n) is 8.85. The van der Waals surface area contributed by atoms with Crippen LogP contribution >= 0.6 is 0 Å². The standard InChI is InChI=1S/C19H28N2O4S/c1-14(13-21-26(23,24)19(2,3)4)6-5-11-20-16-8-9-17-15(12-16)7-10-18(22)25-17/h7-10,12,14,20-21H,5-6,11,13H2,1-4H3. The van der Waals surface area contributed by atoms with Gasteiger partial charge in [0.25, 0.3) is 0 Å². The minimum Gasteiger partial charge on any atom is -0.423 e. The third-order valence-corrected chi connectivity index (χ3v) is 6.41. The highest BCUT2D eigenvalue weighted by Crippen LogP contribution is 2.18. The van der Waals surface area contributed by atoms with Gasteiger partial charge in [-0.15, -0.1) is 0 Å². The lowest BCUT2D eigenvalue weighted by molar-refractivity contribution is 0.489. The molecule has 26 heavy (non-hydrogen) atoms. The van der Waals surface area contributed by atoms with Gasteiger partial charge in [0.05, 0.1) is 4.75 Å². The molecule has 7 heteroatoms. The average Bonchev–Trinajstić information content (AvgIpc) is 2.56. The van der Waals surface area contributed by atoms with Gasteiger partial charge < -0.3 is 9.73 Å². The van der Waals surface area contributed by atoms with Crippen LogP contribution in [0.1, 0.15) is 40.5 Å². The molecule has 2 rings (SSSR count). The van der Waals surface area contributed by atoms with Crippen LogP contribution in [0.4, 0.5) is 5.69 Å². The van der Waals surface area contributed by atoms with Crippen molar-refractivity contribution in [1.29, 1.82) is 0 Å². The fourth-order valence-electron chi connectivity index (χ4n) is 2.44. The van der Waals surface area contributed by atoms with Gasteiger partial charge in [-0.1, -0.05) is 6.92 Å². The average molecular weight is 381 g/mol. The van der Waals surface area contributed by atoms with Crippen LogP contribution in [0.5, 0.6) is 0 Å². The maximum Gasteiger partial charge on any atom is 0.336 e. The largest absolute Gasteiger partial charge is 0.423 e. The van der Waals surface area contributed by atoms with Gasteiger partial charge >= 0.3 is 5.63 Å². The molecule has 1 aromatic carbocycles. The van der Waals surface area contributed by atoms with Gasteiger partial charge in [0.1, 0.15) is 5.58 Å². The number of sulfonamides is 1. The van der Waals surface area contributed by atoms with Crippen LogP contribution in [0.3, 0.4) is 0 Å². The molecule has 0 spiro atoms. The number of hydrogen-bond donors (Lipinski definition) is 2. The Labute approximate surface area is 155 Å². The summed E-state index contributed by atoms with van der Waals surface area (Å²) in [6.45, 7) is 8.37. The Hall–Kier alpha value is -1.86. The van der Waals surface area contributed by atoms with Crippen LogP contribution in [0.15, 0.2) is 39.5 Å². The third-order valence-electron chi connectivity index (χ3n) is 4.25. The van der Waals surface area contributed by atoms with E-state index < -0.39 is 14.8 Å². The van der Waals surface area contributed by atoms with E-state index in [0.717, 1.165) is 30.5 Å². The summed E-state index contributed by atoms with van der Waals surface area (Å²) < 4.78 is 31.1. The number of nitrogens with one attached hydrogen (secondary N) is 2. The second-order valence-electron chi connectivity index (χ2n) is 7.65. The maximum atomic E-state index is 12.0. The lowest BCUT2D eigenvalue weighted by Crippen LogP contribution is -2.41. The van der Waals surface area contributed by atoms with E-state index in [1.807, 2.05) is 19.1 Å². The van der Waals surface area contributed by atoms with Gasteiger partial charge in [-0.3, -0.25) is 0 Å². The minimum absolute atomic E-state index is 0.264. The molecular formula is C19H28N2O4S. The van der Waals surface area contributed by atoms with Crippen molar-refractivity contribution in [2.45, 2.75) is 45.3 Å². The van der Waals surface area contributed by atoms with E-state index in [1.54, 1.807) is 32.9 Å². The van der Waals surface area contributed by atoms with Gasteiger partial charge in [-0.05, 0) is 63.8 Å². The highest BCUT2D eigenvalue weighted by atomic mass is 32.2. The molecule has 144 valence electrons. The number of rotatable bonds is 8. The summed E-state index contributed by atoms with van der Waals surface area (Å²) in [5.74, 6) is 0.264. The third kappa shape index (κ3) is 5.57. The minimum atomic E-state index is -3.29. The second kappa shape index (κ2) is 8.22. The molecule has 0 bridgehead atoms. The highest BCUT2D eigenvalue weighted by molar-refractivity contribution is 7.90. The lowest BCUT2D eigenvalue weighted by atomic mass is 10.1. The molecular weight excluding hydrogens is 352 g/mol. The van der Waals surface area contributed by atoms with Gasteiger partial charge in [0.15, 0.2) is 0 Å². The molecule has 0 aliphatic carbocycles. The van der Waals surface area contributed by atoms with Crippen LogP contribution in [0, 0.1) is 5.92 Å². The number of fused-ring (bicyclic) bond motifs is 1. The smallest absolute Gasteiger partial charge is 0.336 e. The Morgan fingerprint density at radius 1 is 1.15 bits per heavy atom. The molecule has 0 aliphatic rings. The van der Waals surface area contributed by atoms with Gasteiger partial charge in [0.2, 0.25) is 10.0 Å². The summed E-state index contributed by atoms with van der Waals surface area (Å²) in [6.07, 6.45) is 1.85. The monoisotopic (exact) mass is 380 g/mol. The van der Waals surface area contributed by atoms with E-state index in [4.69, 9.17) is 4.42 Å². The zero-order chi connectivity index (χ0) is 19.4. The molecule has 2 aromatic rings. The molecule has 1 atom stereocenters. The van der Waals surface area contributed by atoms with E-state index in [-0.39, 0.29) is 11.5 Å². The molecule has 1 unspecified atom stereocenters. The van der Waals surface area contributed by atoms with Crippen LogP contribution in [0.25, 0.3) is 11.0 Å². The van der Waals surface area contributed by atoms with Crippen LogP contribution in [-0.4, -0.2) is 26.3 Å². The maximum absolute atomic E-state index is 12.0. The molecule has 0 amide bonds. The van der Waals surface area contributed by atoms with Crippen molar-refractivity contribution in [3.05, 3.63) is 40.8 Å². The summed E-state index contributed by atoms with van der Waals surface area (Å²) >= 11 is 0. The van der Waals surface area contributed by atoms with Crippen molar-refractivity contribution in [3.63, 3.8) is 0 Å². The summed E-state index contributed by atoms with van der Waals surface area (Å²) in [5.41, 5.74) is 1.18. The normalized spacial score (nSPS) is 13.7. The van der Waals surface area contributed by atoms with E-state index in [9.17, 15) is 13.2 Å². The molecule has 0 aliphatic heterocycles. The lowest BCUT2D eigenvalue weighted by Gasteiger charge is -2.21. The molecule has 1 heterocycles. The van der Waals surface area contributed by atoms with E-state index in [1.165, 1.54) is 6.07 Å². The molecule has 2 N–H and O–H groups in total.